The van der Waals surface area contributed by atoms with E-state index in [4.69, 9.17) is 4.74 Å². The fraction of sp³-hybridized carbons (Fsp3) is 0.917. The molecule has 1 saturated carbocycles. The van der Waals surface area contributed by atoms with E-state index in [2.05, 4.69) is 5.32 Å². The second-order valence-corrected chi connectivity index (χ2v) is 4.85. The SMILES string of the molecule is COCCNCC(=O)N(C)CC1(O)CCCC1. The summed E-state index contributed by atoms with van der Waals surface area (Å²) in [5.41, 5.74) is -0.656. The second kappa shape index (κ2) is 6.93. The first kappa shape index (κ1) is 14.4. The minimum absolute atomic E-state index is 0.0152. The van der Waals surface area contributed by atoms with Gasteiger partial charge in [0.15, 0.2) is 0 Å². The summed E-state index contributed by atoms with van der Waals surface area (Å²) >= 11 is 0. The maximum atomic E-state index is 11.7. The summed E-state index contributed by atoms with van der Waals surface area (Å²) in [4.78, 5) is 13.4. The predicted molar refractivity (Wildman–Crippen MR) is 65.8 cm³/mol. The third-order valence-corrected chi connectivity index (χ3v) is 3.25. The highest BCUT2D eigenvalue weighted by atomic mass is 16.5. The van der Waals surface area contributed by atoms with Crippen LogP contribution in [0.1, 0.15) is 25.7 Å². The summed E-state index contributed by atoms with van der Waals surface area (Å²) in [6, 6.07) is 0. The molecule has 5 nitrogen and oxygen atoms in total. The second-order valence-electron chi connectivity index (χ2n) is 4.85. The molecule has 17 heavy (non-hydrogen) atoms. The molecule has 0 unspecified atom stereocenters. The maximum Gasteiger partial charge on any atom is 0.236 e. The van der Waals surface area contributed by atoms with Gasteiger partial charge in [-0.2, -0.15) is 0 Å². The molecule has 100 valence electrons. The number of hydrogen-bond acceptors (Lipinski definition) is 4. The van der Waals surface area contributed by atoms with E-state index < -0.39 is 5.60 Å². The van der Waals surface area contributed by atoms with E-state index in [9.17, 15) is 9.90 Å². The van der Waals surface area contributed by atoms with Gasteiger partial charge < -0.3 is 20.1 Å². The Kier molecular flexibility index (Phi) is 5.88. The molecule has 1 aliphatic rings. The number of carbonyl (C=O) groups excluding carboxylic acids is 1. The molecule has 0 aliphatic heterocycles. The quantitative estimate of drug-likeness (QED) is 0.618. The van der Waals surface area contributed by atoms with E-state index in [1.165, 1.54) is 0 Å². The number of nitrogens with one attached hydrogen (secondary N) is 1. The zero-order chi connectivity index (χ0) is 12.7. The van der Waals surface area contributed by atoms with E-state index in [0.717, 1.165) is 25.7 Å². The predicted octanol–water partition coefficient (Wildman–Crippen LogP) is -0.0141. The monoisotopic (exact) mass is 244 g/mol. The Bertz CT molecular complexity index is 240. The molecular weight excluding hydrogens is 220 g/mol. The summed E-state index contributed by atoms with van der Waals surface area (Å²) in [5.74, 6) is 0.0152. The molecule has 0 aromatic heterocycles. The van der Waals surface area contributed by atoms with Gasteiger partial charge in [0.1, 0.15) is 0 Å². The number of methoxy groups -OCH3 is 1. The van der Waals surface area contributed by atoms with E-state index in [0.29, 0.717) is 26.2 Å². The Morgan fingerprint density at radius 1 is 1.47 bits per heavy atom. The van der Waals surface area contributed by atoms with E-state index in [-0.39, 0.29) is 5.91 Å². The number of amides is 1. The lowest BCUT2D eigenvalue weighted by atomic mass is 10.0. The van der Waals surface area contributed by atoms with Crippen LogP contribution >= 0.6 is 0 Å². The van der Waals surface area contributed by atoms with Crippen LogP contribution in [-0.4, -0.2) is 61.9 Å². The fourth-order valence-corrected chi connectivity index (χ4v) is 2.23. The Hall–Kier alpha value is -0.650. The molecule has 0 aromatic rings. The van der Waals surface area contributed by atoms with Crippen LogP contribution in [0.5, 0.6) is 0 Å². The number of rotatable bonds is 7. The van der Waals surface area contributed by atoms with Crippen molar-refractivity contribution >= 4 is 5.91 Å². The molecule has 0 atom stereocenters. The van der Waals surface area contributed by atoms with E-state index in [1.807, 2.05) is 0 Å². The molecule has 2 N–H and O–H groups in total. The molecule has 0 bridgehead atoms. The molecule has 0 radical (unpaired) electrons. The summed E-state index contributed by atoms with van der Waals surface area (Å²) in [7, 11) is 3.38. The van der Waals surface area contributed by atoms with Gasteiger partial charge in [-0.05, 0) is 12.8 Å². The summed E-state index contributed by atoms with van der Waals surface area (Å²) in [5, 5.41) is 13.2. The summed E-state index contributed by atoms with van der Waals surface area (Å²) in [6.45, 7) is 2.01. The first-order valence-corrected chi connectivity index (χ1v) is 6.23. The Morgan fingerprint density at radius 2 is 2.12 bits per heavy atom. The normalized spacial score (nSPS) is 18.3. The first-order valence-electron chi connectivity index (χ1n) is 6.23. The number of aliphatic hydroxyl groups is 1. The van der Waals surface area contributed by atoms with Crippen molar-refractivity contribution in [3.8, 4) is 0 Å². The Balaban J connectivity index is 2.22. The highest BCUT2D eigenvalue weighted by Gasteiger charge is 2.33. The van der Waals surface area contributed by atoms with Crippen molar-refractivity contribution in [3.05, 3.63) is 0 Å². The van der Waals surface area contributed by atoms with Gasteiger partial charge in [0, 0.05) is 27.2 Å². The molecule has 0 saturated heterocycles. The molecule has 1 amide bonds. The topological polar surface area (TPSA) is 61.8 Å². The van der Waals surface area contributed by atoms with Gasteiger partial charge in [-0.25, -0.2) is 0 Å². The highest BCUT2D eigenvalue weighted by Crippen LogP contribution is 2.29. The van der Waals surface area contributed by atoms with Gasteiger partial charge in [0.2, 0.25) is 5.91 Å². The minimum Gasteiger partial charge on any atom is -0.388 e. The standard InChI is InChI=1S/C12H24N2O3/c1-14(10-12(16)5-3-4-6-12)11(15)9-13-7-8-17-2/h13,16H,3-10H2,1-2H3. The zero-order valence-corrected chi connectivity index (χ0v) is 10.9. The van der Waals surface area contributed by atoms with Gasteiger partial charge in [-0.3, -0.25) is 4.79 Å². The van der Waals surface area contributed by atoms with Crippen LogP contribution in [0.4, 0.5) is 0 Å². The van der Waals surface area contributed by atoms with Crippen LogP contribution in [0.3, 0.4) is 0 Å². The number of ether oxygens (including phenoxy) is 1. The zero-order valence-electron chi connectivity index (χ0n) is 10.9. The van der Waals surface area contributed by atoms with Crippen molar-refractivity contribution in [2.24, 2.45) is 0 Å². The van der Waals surface area contributed by atoms with Crippen molar-refractivity contribution in [3.63, 3.8) is 0 Å². The van der Waals surface area contributed by atoms with Crippen molar-refractivity contribution in [2.45, 2.75) is 31.3 Å². The molecule has 1 rings (SSSR count). The molecule has 1 aliphatic carbocycles. The van der Waals surface area contributed by atoms with E-state index in [1.54, 1.807) is 19.1 Å². The lowest BCUT2D eigenvalue weighted by molar-refractivity contribution is -0.132. The summed E-state index contributed by atoms with van der Waals surface area (Å²) in [6.07, 6.45) is 3.73. The maximum absolute atomic E-state index is 11.7. The lowest BCUT2D eigenvalue weighted by Gasteiger charge is -2.28. The van der Waals surface area contributed by atoms with Crippen molar-refractivity contribution in [1.82, 2.24) is 10.2 Å². The molecular formula is C12H24N2O3. The van der Waals surface area contributed by atoms with Crippen LogP contribution in [0.2, 0.25) is 0 Å². The Morgan fingerprint density at radius 3 is 2.71 bits per heavy atom. The summed E-state index contributed by atoms with van der Waals surface area (Å²) < 4.78 is 4.88. The van der Waals surface area contributed by atoms with Crippen LogP contribution in [-0.2, 0) is 9.53 Å². The van der Waals surface area contributed by atoms with Crippen LogP contribution in [0.15, 0.2) is 0 Å². The molecule has 0 spiro atoms. The van der Waals surface area contributed by atoms with Crippen LogP contribution in [0.25, 0.3) is 0 Å². The lowest BCUT2D eigenvalue weighted by Crippen LogP contribution is -2.45. The average Bonchev–Trinajstić information content (AvgIpc) is 2.70. The van der Waals surface area contributed by atoms with Crippen LogP contribution < -0.4 is 5.32 Å². The molecule has 0 aromatic carbocycles. The van der Waals surface area contributed by atoms with Gasteiger partial charge in [-0.15, -0.1) is 0 Å². The fourth-order valence-electron chi connectivity index (χ4n) is 2.23. The molecule has 1 fully saturated rings. The number of carbonyl (C=O) groups is 1. The molecule has 5 heteroatoms. The van der Waals surface area contributed by atoms with Crippen LogP contribution in [0, 0.1) is 0 Å². The third-order valence-electron chi connectivity index (χ3n) is 3.25. The van der Waals surface area contributed by atoms with Crippen molar-refractivity contribution < 1.29 is 14.6 Å². The Labute approximate surface area is 103 Å². The van der Waals surface area contributed by atoms with Gasteiger partial charge in [0.25, 0.3) is 0 Å². The highest BCUT2D eigenvalue weighted by molar-refractivity contribution is 5.78. The smallest absolute Gasteiger partial charge is 0.236 e. The van der Waals surface area contributed by atoms with Gasteiger partial charge in [-0.1, -0.05) is 12.8 Å². The first-order chi connectivity index (χ1) is 8.07. The minimum atomic E-state index is -0.656. The number of likely N-dealkylation sites (N-methyl/N-ethyl adjacent to an activating group) is 1. The van der Waals surface area contributed by atoms with E-state index >= 15 is 0 Å². The average molecular weight is 244 g/mol. The van der Waals surface area contributed by atoms with Gasteiger partial charge in [0.05, 0.1) is 18.8 Å². The third kappa shape index (κ3) is 5.02. The number of nitrogens with zero attached hydrogens (tertiary/aromatic N) is 1. The van der Waals surface area contributed by atoms with Gasteiger partial charge >= 0.3 is 0 Å². The molecule has 0 heterocycles. The van der Waals surface area contributed by atoms with Crippen molar-refractivity contribution in [1.29, 1.82) is 0 Å². The van der Waals surface area contributed by atoms with Crippen molar-refractivity contribution in [2.75, 3.05) is 40.4 Å². The largest absolute Gasteiger partial charge is 0.388 e. The number of hydrogen-bond donors (Lipinski definition) is 2.